The highest BCUT2D eigenvalue weighted by molar-refractivity contribution is 5.26. The summed E-state index contributed by atoms with van der Waals surface area (Å²) >= 11 is 0. The molecule has 0 bridgehead atoms. The standard InChI is InChI=1S/C15H25NO/c1-5-10-16-11-15(3,4)12-17-14-8-6-13(2)7-9-14/h6-9,16H,5,10-12H2,1-4H3. The molecule has 0 aromatic heterocycles. The minimum Gasteiger partial charge on any atom is -0.493 e. The van der Waals surface area contributed by atoms with E-state index in [1.54, 1.807) is 0 Å². The lowest BCUT2D eigenvalue weighted by Crippen LogP contribution is -2.34. The van der Waals surface area contributed by atoms with Gasteiger partial charge < -0.3 is 10.1 Å². The van der Waals surface area contributed by atoms with E-state index in [1.807, 2.05) is 12.1 Å². The van der Waals surface area contributed by atoms with Gasteiger partial charge in [-0.25, -0.2) is 0 Å². The summed E-state index contributed by atoms with van der Waals surface area (Å²) in [6.45, 7) is 11.5. The summed E-state index contributed by atoms with van der Waals surface area (Å²) in [5.74, 6) is 0.958. The predicted molar refractivity (Wildman–Crippen MR) is 73.6 cm³/mol. The summed E-state index contributed by atoms with van der Waals surface area (Å²) in [4.78, 5) is 0. The Labute approximate surface area is 105 Å². The van der Waals surface area contributed by atoms with Gasteiger partial charge in [-0.15, -0.1) is 0 Å². The van der Waals surface area contributed by atoms with Crippen molar-refractivity contribution in [2.75, 3.05) is 19.7 Å². The number of rotatable bonds is 7. The summed E-state index contributed by atoms with van der Waals surface area (Å²) in [5.41, 5.74) is 1.43. The number of benzene rings is 1. The van der Waals surface area contributed by atoms with E-state index in [0.717, 1.165) is 25.4 Å². The third-order valence-electron chi connectivity index (χ3n) is 2.68. The van der Waals surface area contributed by atoms with Crippen molar-refractivity contribution < 1.29 is 4.74 Å². The van der Waals surface area contributed by atoms with Crippen LogP contribution in [0, 0.1) is 12.3 Å². The van der Waals surface area contributed by atoms with Crippen molar-refractivity contribution in [1.82, 2.24) is 5.32 Å². The second-order valence-corrected chi connectivity index (χ2v) is 5.44. The maximum Gasteiger partial charge on any atom is 0.119 e. The lowest BCUT2D eigenvalue weighted by Gasteiger charge is -2.25. The first kappa shape index (κ1) is 14.0. The molecule has 1 rings (SSSR count). The van der Waals surface area contributed by atoms with Crippen LogP contribution in [0.5, 0.6) is 5.75 Å². The Morgan fingerprint density at radius 1 is 1.18 bits per heavy atom. The third-order valence-corrected chi connectivity index (χ3v) is 2.68. The molecule has 0 aliphatic carbocycles. The molecule has 0 unspecified atom stereocenters. The summed E-state index contributed by atoms with van der Waals surface area (Å²) in [5, 5.41) is 3.44. The number of nitrogens with one attached hydrogen (secondary N) is 1. The van der Waals surface area contributed by atoms with Gasteiger partial charge >= 0.3 is 0 Å². The van der Waals surface area contributed by atoms with Gasteiger partial charge in [-0.05, 0) is 32.0 Å². The van der Waals surface area contributed by atoms with E-state index < -0.39 is 0 Å². The van der Waals surface area contributed by atoms with Gasteiger partial charge in [0, 0.05) is 12.0 Å². The minimum atomic E-state index is 0.167. The molecule has 17 heavy (non-hydrogen) atoms. The number of hydrogen-bond donors (Lipinski definition) is 1. The molecule has 0 aliphatic heterocycles. The highest BCUT2D eigenvalue weighted by atomic mass is 16.5. The Bertz CT molecular complexity index is 316. The second-order valence-electron chi connectivity index (χ2n) is 5.44. The van der Waals surface area contributed by atoms with Gasteiger partial charge in [0.1, 0.15) is 5.75 Å². The Morgan fingerprint density at radius 2 is 1.82 bits per heavy atom. The maximum absolute atomic E-state index is 5.82. The van der Waals surface area contributed by atoms with Crippen LogP contribution in [0.3, 0.4) is 0 Å². The van der Waals surface area contributed by atoms with Crippen LogP contribution in [0.25, 0.3) is 0 Å². The van der Waals surface area contributed by atoms with Crippen molar-refractivity contribution >= 4 is 0 Å². The van der Waals surface area contributed by atoms with Gasteiger partial charge in [0.2, 0.25) is 0 Å². The largest absolute Gasteiger partial charge is 0.493 e. The smallest absolute Gasteiger partial charge is 0.119 e. The van der Waals surface area contributed by atoms with Crippen molar-refractivity contribution in [2.45, 2.75) is 34.1 Å². The average Bonchev–Trinajstić information content (AvgIpc) is 2.29. The van der Waals surface area contributed by atoms with E-state index >= 15 is 0 Å². The van der Waals surface area contributed by atoms with Gasteiger partial charge in [0.25, 0.3) is 0 Å². The highest BCUT2D eigenvalue weighted by Crippen LogP contribution is 2.18. The van der Waals surface area contributed by atoms with E-state index in [2.05, 4.69) is 45.1 Å². The molecule has 0 saturated carbocycles. The fraction of sp³-hybridized carbons (Fsp3) is 0.600. The van der Waals surface area contributed by atoms with Crippen LogP contribution in [0.1, 0.15) is 32.8 Å². The molecule has 0 amide bonds. The van der Waals surface area contributed by atoms with E-state index in [1.165, 1.54) is 12.0 Å². The van der Waals surface area contributed by atoms with E-state index in [4.69, 9.17) is 4.74 Å². The number of ether oxygens (including phenoxy) is 1. The van der Waals surface area contributed by atoms with Crippen LogP contribution in [0.2, 0.25) is 0 Å². The predicted octanol–water partition coefficient (Wildman–Crippen LogP) is 3.40. The van der Waals surface area contributed by atoms with Gasteiger partial charge in [0.15, 0.2) is 0 Å². The third kappa shape index (κ3) is 5.73. The van der Waals surface area contributed by atoms with Crippen molar-refractivity contribution in [3.8, 4) is 5.75 Å². The number of hydrogen-bond acceptors (Lipinski definition) is 2. The molecule has 1 aromatic carbocycles. The van der Waals surface area contributed by atoms with Crippen molar-refractivity contribution in [3.05, 3.63) is 29.8 Å². The molecule has 2 heteroatoms. The Balaban J connectivity index is 2.35. The lowest BCUT2D eigenvalue weighted by atomic mass is 9.95. The van der Waals surface area contributed by atoms with E-state index in [0.29, 0.717) is 0 Å². The summed E-state index contributed by atoms with van der Waals surface area (Å²) in [6, 6.07) is 8.23. The summed E-state index contributed by atoms with van der Waals surface area (Å²) in [7, 11) is 0. The summed E-state index contributed by atoms with van der Waals surface area (Å²) in [6.07, 6.45) is 1.18. The maximum atomic E-state index is 5.82. The Kier molecular flexibility index (Phi) is 5.49. The zero-order valence-electron chi connectivity index (χ0n) is 11.5. The van der Waals surface area contributed by atoms with Crippen LogP contribution < -0.4 is 10.1 Å². The lowest BCUT2D eigenvalue weighted by molar-refractivity contribution is 0.176. The topological polar surface area (TPSA) is 21.3 Å². The van der Waals surface area contributed by atoms with Gasteiger partial charge in [-0.2, -0.15) is 0 Å². The van der Waals surface area contributed by atoms with Crippen LogP contribution in [0.4, 0.5) is 0 Å². The summed E-state index contributed by atoms with van der Waals surface area (Å²) < 4.78 is 5.82. The molecular weight excluding hydrogens is 210 g/mol. The van der Waals surface area contributed by atoms with Crippen LogP contribution in [-0.4, -0.2) is 19.7 Å². The first-order chi connectivity index (χ1) is 8.03. The van der Waals surface area contributed by atoms with E-state index in [9.17, 15) is 0 Å². The fourth-order valence-corrected chi connectivity index (χ4v) is 1.57. The molecule has 0 radical (unpaired) electrons. The Morgan fingerprint density at radius 3 is 2.41 bits per heavy atom. The molecule has 1 aromatic rings. The molecule has 2 nitrogen and oxygen atoms in total. The van der Waals surface area contributed by atoms with Crippen LogP contribution >= 0.6 is 0 Å². The SMILES string of the molecule is CCCNCC(C)(C)COc1ccc(C)cc1. The highest BCUT2D eigenvalue weighted by Gasteiger charge is 2.18. The monoisotopic (exact) mass is 235 g/mol. The zero-order valence-corrected chi connectivity index (χ0v) is 11.5. The average molecular weight is 235 g/mol. The minimum absolute atomic E-state index is 0.167. The molecule has 0 aliphatic rings. The van der Waals surface area contributed by atoms with Crippen LogP contribution in [-0.2, 0) is 0 Å². The molecule has 1 N–H and O–H groups in total. The van der Waals surface area contributed by atoms with Crippen molar-refractivity contribution in [2.24, 2.45) is 5.41 Å². The molecule has 0 saturated heterocycles. The first-order valence-corrected chi connectivity index (χ1v) is 6.44. The van der Waals surface area contributed by atoms with Crippen molar-refractivity contribution in [1.29, 1.82) is 0 Å². The first-order valence-electron chi connectivity index (χ1n) is 6.44. The normalized spacial score (nSPS) is 11.5. The van der Waals surface area contributed by atoms with Crippen LogP contribution in [0.15, 0.2) is 24.3 Å². The number of aryl methyl sites for hydroxylation is 1. The zero-order chi connectivity index (χ0) is 12.7. The molecule has 0 spiro atoms. The molecule has 0 heterocycles. The quantitative estimate of drug-likeness (QED) is 0.731. The fourth-order valence-electron chi connectivity index (χ4n) is 1.57. The molecule has 0 atom stereocenters. The van der Waals surface area contributed by atoms with E-state index in [-0.39, 0.29) is 5.41 Å². The molecular formula is C15H25NO. The van der Waals surface area contributed by atoms with Crippen molar-refractivity contribution in [3.63, 3.8) is 0 Å². The van der Waals surface area contributed by atoms with Gasteiger partial charge in [-0.1, -0.05) is 38.5 Å². The molecule has 96 valence electrons. The Hall–Kier alpha value is -1.02. The molecule has 0 fully saturated rings. The van der Waals surface area contributed by atoms with Gasteiger partial charge in [0.05, 0.1) is 6.61 Å². The second kappa shape index (κ2) is 6.65. The van der Waals surface area contributed by atoms with Gasteiger partial charge in [-0.3, -0.25) is 0 Å².